The molecule has 1 heterocycles. The van der Waals surface area contributed by atoms with E-state index in [9.17, 15) is 14.4 Å². The number of fused-ring (bicyclic) bond motifs is 1. The Labute approximate surface area is 152 Å². The number of hydrogen-bond acceptors (Lipinski definition) is 5. The fourth-order valence-corrected chi connectivity index (χ4v) is 3.12. The van der Waals surface area contributed by atoms with Gasteiger partial charge in [0.1, 0.15) is 0 Å². The molecule has 0 radical (unpaired) electrons. The van der Waals surface area contributed by atoms with Crippen LogP contribution in [0.1, 0.15) is 22.8 Å². The van der Waals surface area contributed by atoms with E-state index >= 15 is 0 Å². The highest BCUT2D eigenvalue weighted by atomic mass is 16.5. The van der Waals surface area contributed by atoms with Gasteiger partial charge in [-0.3, -0.25) is 24.6 Å². The van der Waals surface area contributed by atoms with Crippen molar-refractivity contribution in [3.05, 3.63) is 59.7 Å². The Morgan fingerprint density at radius 2 is 1.69 bits per heavy atom. The minimum Gasteiger partial charge on any atom is -0.364 e. The molecule has 1 aliphatic carbocycles. The van der Waals surface area contributed by atoms with Crippen LogP contribution in [0.2, 0.25) is 0 Å². The average molecular weight is 354 g/mol. The molecule has 3 rings (SSSR count). The van der Waals surface area contributed by atoms with Crippen LogP contribution in [0.15, 0.2) is 48.6 Å². The third-order valence-corrected chi connectivity index (χ3v) is 4.59. The molecule has 6 heteroatoms. The largest absolute Gasteiger partial charge is 0.364 e. The molecule has 1 N–H and O–H groups in total. The monoisotopic (exact) mass is 354 g/mol. The highest BCUT2D eigenvalue weighted by Crippen LogP contribution is 2.30. The molecule has 1 fully saturated rings. The lowest BCUT2D eigenvalue weighted by Gasteiger charge is -2.14. The number of rotatable bonds is 8. The Hall–Kier alpha value is -2.57. The summed E-state index contributed by atoms with van der Waals surface area (Å²) in [4.78, 5) is 37.0. The molecule has 0 spiro atoms. The van der Waals surface area contributed by atoms with Crippen LogP contribution in [0.4, 0.5) is 0 Å². The maximum atomic E-state index is 12.3. The molecule has 0 aromatic heterocycles. The van der Waals surface area contributed by atoms with Crippen molar-refractivity contribution < 1.29 is 19.1 Å². The van der Waals surface area contributed by atoms with E-state index in [0.29, 0.717) is 25.4 Å². The highest BCUT2D eigenvalue weighted by Gasteiger charge is 2.45. The number of likely N-dealkylation sites (tertiary alicyclic amines) is 1. The van der Waals surface area contributed by atoms with Gasteiger partial charge in [-0.1, -0.05) is 48.6 Å². The minimum atomic E-state index is -0.358. The van der Waals surface area contributed by atoms with Crippen LogP contribution in [0, 0.1) is 11.8 Å². The van der Waals surface area contributed by atoms with Crippen molar-refractivity contribution in [2.75, 3.05) is 19.9 Å². The molecule has 0 bridgehead atoms. The summed E-state index contributed by atoms with van der Waals surface area (Å²) in [6, 6.07) is 7.39. The highest BCUT2D eigenvalue weighted by molar-refractivity contribution is 6.07. The number of carbonyl (C=O) groups is 3. The third kappa shape index (κ3) is 3.98. The number of Topliss-reactive ketones (excluding diaryl/α,β-unsaturated/α-hetero) is 1. The Balaban J connectivity index is 1.36. The van der Waals surface area contributed by atoms with Crippen LogP contribution in [0.3, 0.4) is 0 Å². The quantitative estimate of drug-likeness (QED) is 0.333. The number of hydrogen-bond donors (Lipinski definition) is 1. The van der Waals surface area contributed by atoms with Crippen molar-refractivity contribution in [1.29, 1.82) is 0 Å². The van der Waals surface area contributed by atoms with Crippen LogP contribution in [-0.4, -0.2) is 42.4 Å². The topological polar surface area (TPSA) is 75.7 Å². The van der Waals surface area contributed by atoms with E-state index < -0.39 is 0 Å². The zero-order valence-corrected chi connectivity index (χ0v) is 14.7. The number of ketones is 1. The van der Waals surface area contributed by atoms with Crippen LogP contribution in [0.5, 0.6) is 0 Å². The Bertz CT molecular complexity index is 722. The molecular formula is C20H22N2O4. The molecule has 1 aromatic rings. The van der Waals surface area contributed by atoms with Crippen molar-refractivity contribution in [3.8, 4) is 0 Å². The van der Waals surface area contributed by atoms with Gasteiger partial charge in [0.05, 0.1) is 31.7 Å². The van der Waals surface area contributed by atoms with Crippen LogP contribution >= 0.6 is 0 Å². The number of imide groups is 1. The van der Waals surface area contributed by atoms with E-state index in [1.54, 1.807) is 43.4 Å². The lowest BCUT2D eigenvalue weighted by Crippen LogP contribution is -2.34. The SMILES string of the molecule is CC(=O)c1ccc(CNCOCCN2C(=O)C3C=CC=CC3C2=O)cc1. The van der Waals surface area contributed by atoms with Crippen molar-refractivity contribution in [3.63, 3.8) is 0 Å². The molecule has 1 aliphatic heterocycles. The van der Waals surface area contributed by atoms with Crippen molar-refractivity contribution in [2.24, 2.45) is 11.8 Å². The molecule has 2 unspecified atom stereocenters. The van der Waals surface area contributed by atoms with Crippen LogP contribution < -0.4 is 5.32 Å². The lowest BCUT2D eigenvalue weighted by molar-refractivity contribution is -0.140. The molecule has 2 aliphatic rings. The van der Waals surface area contributed by atoms with Gasteiger partial charge in [-0.25, -0.2) is 0 Å². The number of amides is 2. The summed E-state index contributed by atoms with van der Waals surface area (Å²) in [7, 11) is 0. The molecule has 136 valence electrons. The summed E-state index contributed by atoms with van der Waals surface area (Å²) in [6.07, 6.45) is 7.17. The van der Waals surface area contributed by atoms with Gasteiger partial charge in [0, 0.05) is 12.1 Å². The number of ether oxygens (including phenoxy) is 1. The van der Waals surface area contributed by atoms with Crippen LogP contribution in [0.25, 0.3) is 0 Å². The molecule has 2 amide bonds. The van der Waals surface area contributed by atoms with E-state index in [4.69, 9.17) is 4.74 Å². The van der Waals surface area contributed by atoms with Gasteiger partial charge in [-0.15, -0.1) is 0 Å². The van der Waals surface area contributed by atoms with E-state index in [1.807, 2.05) is 12.1 Å². The molecule has 1 saturated heterocycles. The number of allylic oxidation sites excluding steroid dienone is 2. The summed E-state index contributed by atoms with van der Waals surface area (Å²) in [5, 5.41) is 3.13. The predicted molar refractivity (Wildman–Crippen MR) is 96.1 cm³/mol. The number of nitrogens with zero attached hydrogens (tertiary/aromatic N) is 1. The van der Waals surface area contributed by atoms with Crippen LogP contribution in [-0.2, 0) is 20.9 Å². The Kier molecular flexibility index (Phi) is 5.75. The summed E-state index contributed by atoms with van der Waals surface area (Å²) in [6.45, 7) is 3.03. The number of benzene rings is 1. The number of nitrogens with one attached hydrogen (secondary N) is 1. The molecule has 26 heavy (non-hydrogen) atoms. The van der Waals surface area contributed by atoms with Gasteiger partial charge in [0.15, 0.2) is 5.78 Å². The zero-order valence-electron chi connectivity index (χ0n) is 14.7. The second-order valence-corrected chi connectivity index (χ2v) is 6.38. The molecule has 6 nitrogen and oxygen atoms in total. The van der Waals surface area contributed by atoms with Crippen molar-refractivity contribution in [2.45, 2.75) is 13.5 Å². The second-order valence-electron chi connectivity index (χ2n) is 6.38. The molecular weight excluding hydrogens is 332 g/mol. The average Bonchev–Trinajstić information content (AvgIpc) is 2.90. The van der Waals surface area contributed by atoms with Gasteiger partial charge in [-0.2, -0.15) is 0 Å². The summed E-state index contributed by atoms with van der Waals surface area (Å²) < 4.78 is 5.48. The first-order valence-electron chi connectivity index (χ1n) is 8.66. The first kappa shape index (κ1) is 18.2. The van der Waals surface area contributed by atoms with Gasteiger partial charge in [-0.05, 0) is 12.5 Å². The predicted octanol–water partition coefficient (Wildman–Crippen LogP) is 1.68. The Morgan fingerprint density at radius 1 is 1.08 bits per heavy atom. The molecule has 2 atom stereocenters. The smallest absolute Gasteiger partial charge is 0.237 e. The first-order valence-corrected chi connectivity index (χ1v) is 8.66. The van der Waals surface area contributed by atoms with Gasteiger partial charge in [0.25, 0.3) is 0 Å². The van der Waals surface area contributed by atoms with Gasteiger partial charge >= 0.3 is 0 Å². The lowest BCUT2D eigenvalue weighted by atomic mass is 9.91. The standard InChI is InChI=1S/C20H22N2O4/c1-14(23)16-8-6-15(7-9-16)12-21-13-26-11-10-22-19(24)17-4-2-3-5-18(17)20(22)25/h2-9,17-18,21H,10-13H2,1H3. The fourth-order valence-electron chi connectivity index (χ4n) is 3.12. The van der Waals surface area contributed by atoms with Gasteiger partial charge in [0.2, 0.25) is 11.8 Å². The Morgan fingerprint density at radius 3 is 2.27 bits per heavy atom. The van der Waals surface area contributed by atoms with E-state index in [0.717, 1.165) is 5.56 Å². The van der Waals surface area contributed by atoms with E-state index in [-0.39, 0.29) is 36.0 Å². The van der Waals surface area contributed by atoms with E-state index in [2.05, 4.69) is 5.32 Å². The minimum absolute atomic E-state index is 0.0460. The number of carbonyl (C=O) groups excluding carboxylic acids is 3. The summed E-state index contributed by atoms with van der Waals surface area (Å²) in [5.41, 5.74) is 1.74. The van der Waals surface area contributed by atoms with Crippen molar-refractivity contribution in [1.82, 2.24) is 10.2 Å². The fraction of sp³-hybridized carbons (Fsp3) is 0.350. The van der Waals surface area contributed by atoms with Crippen molar-refractivity contribution >= 4 is 17.6 Å². The summed E-state index contributed by atoms with van der Waals surface area (Å²) >= 11 is 0. The first-order chi connectivity index (χ1) is 12.6. The maximum Gasteiger partial charge on any atom is 0.237 e. The molecule has 1 aromatic carbocycles. The molecule has 0 saturated carbocycles. The third-order valence-electron chi connectivity index (χ3n) is 4.59. The van der Waals surface area contributed by atoms with E-state index in [1.165, 1.54) is 4.90 Å². The maximum absolute atomic E-state index is 12.3. The summed E-state index contributed by atoms with van der Waals surface area (Å²) in [5.74, 6) is -0.970. The van der Waals surface area contributed by atoms with Gasteiger partial charge < -0.3 is 4.74 Å². The zero-order chi connectivity index (χ0) is 18.5. The second kappa shape index (κ2) is 8.21. The normalized spacial score (nSPS) is 21.3.